The Morgan fingerprint density at radius 3 is 2.42 bits per heavy atom. The van der Waals surface area contributed by atoms with Crippen LogP contribution in [0.5, 0.6) is 5.75 Å². The molecule has 1 aliphatic heterocycles. The summed E-state index contributed by atoms with van der Waals surface area (Å²) in [6, 6.07) is 8.30. The fourth-order valence-corrected chi connectivity index (χ4v) is 4.78. The van der Waals surface area contributed by atoms with Gasteiger partial charge < -0.3 is 10.1 Å². The van der Waals surface area contributed by atoms with Gasteiger partial charge in [-0.05, 0) is 62.1 Å². The topological polar surface area (TPSA) is 75.7 Å². The van der Waals surface area contributed by atoms with E-state index in [9.17, 15) is 22.0 Å². The van der Waals surface area contributed by atoms with Crippen LogP contribution in [0.4, 0.5) is 8.78 Å². The number of carbonyl (C=O) groups excluding carboxylic acids is 1. The quantitative estimate of drug-likeness (QED) is 0.697. The van der Waals surface area contributed by atoms with E-state index in [4.69, 9.17) is 4.74 Å². The number of benzene rings is 2. The molecule has 9 heteroatoms. The Morgan fingerprint density at radius 2 is 1.81 bits per heavy atom. The standard InChI is InChI=1S/C22H26F2N2O4S/c1-15-9-11-26(12-10-15)31(28,29)19-6-3-17(4-7-19)22(27)25-16(2)14-30-21-8-5-18(23)13-20(21)24/h3-8,13,15-16H,9-12,14H2,1-2H3,(H,25,27). The monoisotopic (exact) mass is 452 g/mol. The molecule has 2 aromatic rings. The first-order valence-corrected chi connectivity index (χ1v) is 11.6. The van der Waals surface area contributed by atoms with E-state index in [1.165, 1.54) is 34.6 Å². The molecule has 31 heavy (non-hydrogen) atoms. The number of nitrogens with zero attached hydrogens (tertiary/aromatic N) is 1. The fourth-order valence-electron chi connectivity index (χ4n) is 3.31. The Morgan fingerprint density at radius 1 is 1.16 bits per heavy atom. The molecule has 1 unspecified atom stereocenters. The first-order valence-electron chi connectivity index (χ1n) is 10.2. The van der Waals surface area contributed by atoms with Crippen molar-refractivity contribution in [1.29, 1.82) is 0 Å². The summed E-state index contributed by atoms with van der Waals surface area (Å²) in [6.07, 6.45) is 1.67. The zero-order valence-electron chi connectivity index (χ0n) is 17.5. The highest BCUT2D eigenvalue weighted by atomic mass is 32.2. The van der Waals surface area contributed by atoms with E-state index in [1.807, 2.05) is 0 Å². The maximum Gasteiger partial charge on any atom is 0.251 e. The number of halogens is 2. The minimum Gasteiger partial charge on any atom is -0.488 e. The summed E-state index contributed by atoms with van der Waals surface area (Å²) in [5, 5.41) is 2.70. The van der Waals surface area contributed by atoms with Crippen molar-refractivity contribution in [3.05, 3.63) is 59.7 Å². The number of ether oxygens (including phenoxy) is 1. The first-order chi connectivity index (χ1) is 14.7. The van der Waals surface area contributed by atoms with Gasteiger partial charge in [-0.2, -0.15) is 4.31 Å². The summed E-state index contributed by atoms with van der Waals surface area (Å²) in [4.78, 5) is 12.6. The lowest BCUT2D eigenvalue weighted by molar-refractivity contribution is 0.0926. The van der Waals surface area contributed by atoms with Gasteiger partial charge in [-0.15, -0.1) is 0 Å². The molecule has 2 aromatic carbocycles. The molecular weight excluding hydrogens is 426 g/mol. The molecule has 1 heterocycles. The lowest BCUT2D eigenvalue weighted by atomic mass is 10.0. The van der Waals surface area contributed by atoms with Crippen molar-refractivity contribution in [3.8, 4) is 5.75 Å². The van der Waals surface area contributed by atoms with Crippen molar-refractivity contribution in [3.63, 3.8) is 0 Å². The third-order valence-electron chi connectivity index (χ3n) is 5.26. The van der Waals surface area contributed by atoms with Gasteiger partial charge in [0.25, 0.3) is 5.91 Å². The Bertz CT molecular complexity index is 1020. The predicted octanol–water partition coefficient (Wildman–Crippen LogP) is 3.58. The molecule has 3 rings (SSSR count). The summed E-state index contributed by atoms with van der Waals surface area (Å²) in [6.45, 7) is 4.76. The van der Waals surface area contributed by atoms with Crippen LogP contribution in [0.1, 0.15) is 37.0 Å². The largest absolute Gasteiger partial charge is 0.488 e. The molecule has 168 valence electrons. The molecular formula is C22H26F2N2O4S. The van der Waals surface area contributed by atoms with Gasteiger partial charge in [-0.3, -0.25) is 4.79 Å². The number of carbonyl (C=O) groups is 1. The molecule has 0 aromatic heterocycles. The molecule has 1 fully saturated rings. The highest BCUT2D eigenvalue weighted by Gasteiger charge is 2.28. The van der Waals surface area contributed by atoms with Crippen molar-refractivity contribution in [2.75, 3.05) is 19.7 Å². The smallest absolute Gasteiger partial charge is 0.251 e. The molecule has 1 saturated heterocycles. The van der Waals surface area contributed by atoms with Gasteiger partial charge >= 0.3 is 0 Å². The van der Waals surface area contributed by atoms with Crippen molar-refractivity contribution in [1.82, 2.24) is 9.62 Å². The number of sulfonamides is 1. The summed E-state index contributed by atoms with van der Waals surface area (Å²) in [5.41, 5.74) is 0.297. The molecule has 1 atom stereocenters. The second-order valence-corrected chi connectivity index (χ2v) is 9.81. The van der Waals surface area contributed by atoms with E-state index in [0.717, 1.165) is 25.0 Å². The van der Waals surface area contributed by atoms with Crippen LogP contribution in [-0.4, -0.2) is 44.4 Å². The van der Waals surface area contributed by atoms with Crippen molar-refractivity contribution in [2.45, 2.75) is 37.6 Å². The van der Waals surface area contributed by atoms with Crippen LogP contribution < -0.4 is 10.1 Å². The molecule has 0 radical (unpaired) electrons. The lowest BCUT2D eigenvalue weighted by Gasteiger charge is -2.29. The molecule has 0 spiro atoms. The Hall–Kier alpha value is -2.52. The summed E-state index contributed by atoms with van der Waals surface area (Å²) < 4.78 is 58.9. The van der Waals surface area contributed by atoms with Gasteiger partial charge in [-0.25, -0.2) is 17.2 Å². The van der Waals surface area contributed by atoms with E-state index in [-0.39, 0.29) is 17.3 Å². The van der Waals surface area contributed by atoms with Crippen LogP contribution in [0.15, 0.2) is 47.4 Å². The molecule has 1 aliphatic rings. The Labute approximate surface area is 181 Å². The number of nitrogens with one attached hydrogen (secondary N) is 1. The van der Waals surface area contributed by atoms with Crippen LogP contribution in [0.2, 0.25) is 0 Å². The molecule has 1 amide bonds. The van der Waals surface area contributed by atoms with Crippen LogP contribution in [0.3, 0.4) is 0 Å². The summed E-state index contributed by atoms with van der Waals surface area (Å²) in [5.74, 6) is -1.52. The van der Waals surface area contributed by atoms with Gasteiger partial charge in [-0.1, -0.05) is 6.92 Å². The first kappa shape index (κ1) is 23.1. The number of hydrogen-bond acceptors (Lipinski definition) is 4. The maximum absolute atomic E-state index is 13.6. The van der Waals surface area contributed by atoms with E-state index < -0.39 is 33.6 Å². The normalized spacial score (nSPS) is 16.6. The molecule has 0 saturated carbocycles. The minimum absolute atomic E-state index is 0.0197. The van der Waals surface area contributed by atoms with Crippen molar-refractivity contribution >= 4 is 15.9 Å². The van der Waals surface area contributed by atoms with Gasteiger partial charge in [0.1, 0.15) is 12.4 Å². The van der Waals surface area contributed by atoms with Crippen molar-refractivity contribution < 1.29 is 26.7 Å². The Kier molecular flexibility index (Phi) is 7.27. The highest BCUT2D eigenvalue weighted by Crippen LogP contribution is 2.23. The zero-order chi connectivity index (χ0) is 22.6. The number of amides is 1. The summed E-state index contributed by atoms with van der Waals surface area (Å²) >= 11 is 0. The van der Waals surface area contributed by atoms with Crippen molar-refractivity contribution in [2.24, 2.45) is 5.92 Å². The van der Waals surface area contributed by atoms with E-state index in [1.54, 1.807) is 6.92 Å². The third-order valence-corrected chi connectivity index (χ3v) is 7.17. The van der Waals surface area contributed by atoms with Crippen LogP contribution in [0, 0.1) is 17.6 Å². The van der Waals surface area contributed by atoms with E-state index >= 15 is 0 Å². The molecule has 0 aliphatic carbocycles. The van der Waals surface area contributed by atoms with Gasteiger partial charge in [0, 0.05) is 24.7 Å². The summed E-state index contributed by atoms with van der Waals surface area (Å²) in [7, 11) is -3.58. The second kappa shape index (κ2) is 9.74. The van der Waals surface area contributed by atoms with Crippen LogP contribution >= 0.6 is 0 Å². The lowest BCUT2D eigenvalue weighted by Crippen LogP contribution is -2.38. The number of hydrogen-bond donors (Lipinski definition) is 1. The number of piperidine rings is 1. The minimum atomic E-state index is -3.58. The molecule has 6 nitrogen and oxygen atoms in total. The van der Waals surface area contributed by atoms with E-state index in [0.29, 0.717) is 24.6 Å². The number of rotatable bonds is 7. The van der Waals surface area contributed by atoms with E-state index in [2.05, 4.69) is 12.2 Å². The zero-order valence-corrected chi connectivity index (χ0v) is 18.3. The van der Waals surface area contributed by atoms with Crippen LogP contribution in [0.25, 0.3) is 0 Å². The SMILES string of the molecule is CC1CCN(S(=O)(=O)c2ccc(C(=O)NC(C)COc3ccc(F)cc3F)cc2)CC1. The second-order valence-electron chi connectivity index (χ2n) is 7.87. The third kappa shape index (κ3) is 5.80. The van der Waals surface area contributed by atoms with Crippen LogP contribution in [-0.2, 0) is 10.0 Å². The fraction of sp³-hybridized carbons (Fsp3) is 0.409. The van der Waals surface area contributed by atoms with Gasteiger partial charge in [0.05, 0.1) is 10.9 Å². The molecule has 0 bridgehead atoms. The Balaban J connectivity index is 1.57. The predicted molar refractivity (Wildman–Crippen MR) is 112 cm³/mol. The average Bonchev–Trinajstić information content (AvgIpc) is 2.73. The molecule has 1 N–H and O–H groups in total. The average molecular weight is 453 g/mol. The van der Waals surface area contributed by atoms with Gasteiger partial charge in [0.2, 0.25) is 10.0 Å². The highest BCUT2D eigenvalue weighted by molar-refractivity contribution is 7.89. The van der Waals surface area contributed by atoms with Gasteiger partial charge in [0.15, 0.2) is 11.6 Å². The maximum atomic E-state index is 13.6.